The molecule has 1 aromatic carbocycles. The van der Waals surface area contributed by atoms with Gasteiger partial charge in [0.25, 0.3) is 5.69 Å². The Morgan fingerprint density at radius 1 is 1.50 bits per heavy atom. The highest BCUT2D eigenvalue weighted by molar-refractivity contribution is 5.63. The van der Waals surface area contributed by atoms with Gasteiger partial charge < -0.3 is 10.4 Å². The van der Waals surface area contributed by atoms with E-state index in [1.54, 1.807) is 12.1 Å². The van der Waals surface area contributed by atoms with Crippen LogP contribution < -0.4 is 5.32 Å². The van der Waals surface area contributed by atoms with Crippen LogP contribution in [0.3, 0.4) is 0 Å². The molecule has 0 saturated carbocycles. The largest absolute Gasteiger partial charge is 0.396 e. The van der Waals surface area contributed by atoms with Gasteiger partial charge in [0, 0.05) is 18.2 Å². The number of anilines is 1. The maximum atomic E-state index is 11.0. The summed E-state index contributed by atoms with van der Waals surface area (Å²) >= 11 is 0. The number of hydrogen-bond acceptors (Lipinski definition) is 4. The molecule has 5 nitrogen and oxygen atoms in total. The number of nitrogens with one attached hydrogen (secondary N) is 1. The van der Waals surface area contributed by atoms with Crippen molar-refractivity contribution in [3.63, 3.8) is 0 Å². The summed E-state index contributed by atoms with van der Waals surface area (Å²) in [5.41, 5.74) is 1.10. The number of rotatable bonds is 6. The fourth-order valence-corrected chi connectivity index (χ4v) is 1.80. The predicted octanol–water partition coefficient (Wildman–Crippen LogP) is 2.87. The first-order chi connectivity index (χ1) is 8.41. The molecule has 0 aromatic heterocycles. The normalized spacial score (nSPS) is 14.0. The van der Waals surface area contributed by atoms with Gasteiger partial charge in [-0.3, -0.25) is 10.1 Å². The number of nitrogens with zero attached hydrogens (tertiary/aromatic N) is 1. The van der Waals surface area contributed by atoms with Crippen LogP contribution in [-0.4, -0.2) is 22.2 Å². The predicted molar refractivity (Wildman–Crippen MR) is 71.9 cm³/mol. The van der Waals surface area contributed by atoms with E-state index in [1.807, 2.05) is 26.8 Å². The zero-order valence-corrected chi connectivity index (χ0v) is 11.1. The zero-order chi connectivity index (χ0) is 13.8. The van der Waals surface area contributed by atoms with Gasteiger partial charge in [-0.05, 0) is 38.3 Å². The molecule has 0 saturated heterocycles. The molecule has 18 heavy (non-hydrogen) atoms. The monoisotopic (exact) mass is 252 g/mol. The van der Waals surface area contributed by atoms with E-state index in [2.05, 4.69) is 5.32 Å². The highest BCUT2D eigenvalue weighted by Gasteiger charge is 2.24. The minimum absolute atomic E-state index is 0.0526. The first kappa shape index (κ1) is 14.4. The molecule has 0 bridgehead atoms. The Morgan fingerprint density at radius 2 is 2.17 bits per heavy atom. The maximum Gasteiger partial charge on any atom is 0.292 e. The fraction of sp³-hybridized carbons (Fsp3) is 0.538. The van der Waals surface area contributed by atoms with Crippen LogP contribution in [0.25, 0.3) is 0 Å². The number of nitro benzene ring substituents is 1. The van der Waals surface area contributed by atoms with Crippen molar-refractivity contribution in [1.82, 2.24) is 0 Å². The van der Waals surface area contributed by atoms with Crippen LogP contribution in [0.5, 0.6) is 0 Å². The summed E-state index contributed by atoms with van der Waals surface area (Å²) in [7, 11) is 0. The van der Waals surface area contributed by atoms with E-state index < -0.39 is 0 Å². The van der Waals surface area contributed by atoms with Gasteiger partial charge in [0.1, 0.15) is 5.69 Å². The van der Waals surface area contributed by atoms with Gasteiger partial charge >= 0.3 is 0 Å². The standard InChI is InChI=1S/C13H20N2O3/c1-4-13(3,7-8-16)14-11-6-5-10(2)9-12(11)15(17)18/h5-6,9,14,16H,4,7-8H2,1-3H3. The number of aliphatic hydroxyl groups excluding tert-OH is 1. The molecule has 0 spiro atoms. The second kappa shape index (κ2) is 5.82. The van der Waals surface area contributed by atoms with Gasteiger partial charge in [-0.25, -0.2) is 0 Å². The summed E-state index contributed by atoms with van der Waals surface area (Å²) in [4.78, 5) is 10.6. The minimum atomic E-state index is -0.385. The van der Waals surface area contributed by atoms with Crippen LogP contribution in [0.15, 0.2) is 18.2 Å². The van der Waals surface area contributed by atoms with Gasteiger partial charge in [0.05, 0.1) is 4.92 Å². The van der Waals surface area contributed by atoms with E-state index in [4.69, 9.17) is 5.11 Å². The molecule has 0 aliphatic heterocycles. The van der Waals surface area contributed by atoms with Crippen LogP contribution in [-0.2, 0) is 0 Å². The summed E-state index contributed by atoms with van der Waals surface area (Å²) < 4.78 is 0. The van der Waals surface area contributed by atoms with E-state index in [0.717, 1.165) is 12.0 Å². The maximum absolute atomic E-state index is 11.0. The van der Waals surface area contributed by atoms with E-state index >= 15 is 0 Å². The molecule has 0 heterocycles. The van der Waals surface area contributed by atoms with Crippen molar-refractivity contribution in [3.05, 3.63) is 33.9 Å². The molecular weight excluding hydrogens is 232 g/mol. The summed E-state index contributed by atoms with van der Waals surface area (Å²) in [5.74, 6) is 0. The van der Waals surface area contributed by atoms with Crippen molar-refractivity contribution in [2.24, 2.45) is 0 Å². The van der Waals surface area contributed by atoms with Crippen molar-refractivity contribution in [1.29, 1.82) is 0 Å². The molecule has 100 valence electrons. The second-order valence-corrected chi connectivity index (χ2v) is 4.79. The number of aliphatic hydroxyl groups is 1. The number of hydrogen-bond donors (Lipinski definition) is 2. The lowest BCUT2D eigenvalue weighted by Crippen LogP contribution is -2.35. The van der Waals surface area contributed by atoms with Gasteiger partial charge in [-0.15, -0.1) is 0 Å². The van der Waals surface area contributed by atoms with Gasteiger partial charge in [-0.2, -0.15) is 0 Å². The number of nitro groups is 1. The van der Waals surface area contributed by atoms with Crippen molar-refractivity contribution in [3.8, 4) is 0 Å². The van der Waals surface area contributed by atoms with Crippen molar-refractivity contribution < 1.29 is 10.0 Å². The van der Waals surface area contributed by atoms with Crippen LogP contribution in [0, 0.1) is 17.0 Å². The fourth-order valence-electron chi connectivity index (χ4n) is 1.80. The third-order valence-electron chi connectivity index (χ3n) is 3.23. The van der Waals surface area contributed by atoms with Crippen molar-refractivity contribution >= 4 is 11.4 Å². The van der Waals surface area contributed by atoms with Crippen molar-refractivity contribution in [2.45, 2.75) is 39.2 Å². The zero-order valence-electron chi connectivity index (χ0n) is 11.1. The molecule has 1 unspecified atom stereocenters. The number of aryl methyl sites for hydroxylation is 1. The first-order valence-corrected chi connectivity index (χ1v) is 6.06. The second-order valence-electron chi connectivity index (χ2n) is 4.79. The topological polar surface area (TPSA) is 75.4 Å². The highest BCUT2D eigenvalue weighted by Crippen LogP contribution is 2.30. The van der Waals surface area contributed by atoms with Gasteiger partial charge in [0.2, 0.25) is 0 Å². The quantitative estimate of drug-likeness (QED) is 0.603. The molecule has 1 atom stereocenters. The smallest absolute Gasteiger partial charge is 0.292 e. The summed E-state index contributed by atoms with van der Waals surface area (Å²) in [5, 5.41) is 23.3. The lowest BCUT2D eigenvalue weighted by molar-refractivity contribution is -0.384. The lowest BCUT2D eigenvalue weighted by Gasteiger charge is -2.30. The Labute approximate surface area is 107 Å². The van der Waals surface area contributed by atoms with Crippen LogP contribution in [0.4, 0.5) is 11.4 Å². The Balaban J connectivity index is 3.06. The molecule has 1 aromatic rings. The molecule has 0 aliphatic carbocycles. The lowest BCUT2D eigenvalue weighted by atomic mass is 9.94. The van der Waals surface area contributed by atoms with E-state index in [9.17, 15) is 10.1 Å². The average Bonchev–Trinajstić information content (AvgIpc) is 2.31. The van der Waals surface area contributed by atoms with Crippen LogP contribution >= 0.6 is 0 Å². The van der Waals surface area contributed by atoms with Gasteiger partial charge in [0.15, 0.2) is 0 Å². The highest BCUT2D eigenvalue weighted by atomic mass is 16.6. The van der Waals surface area contributed by atoms with E-state index in [1.165, 1.54) is 0 Å². The molecule has 2 N–H and O–H groups in total. The third kappa shape index (κ3) is 3.43. The number of benzene rings is 1. The van der Waals surface area contributed by atoms with E-state index in [-0.39, 0.29) is 22.8 Å². The Kier molecular flexibility index (Phi) is 4.67. The molecule has 0 aliphatic rings. The average molecular weight is 252 g/mol. The molecular formula is C13H20N2O3. The van der Waals surface area contributed by atoms with Gasteiger partial charge in [-0.1, -0.05) is 13.0 Å². The molecule has 1 rings (SSSR count). The third-order valence-corrected chi connectivity index (χ3v) is 3.23. The van der Waals surface area contributed by atoms with Crippen LogP contribution in [0.1, 0.15) is 32.3 Å². The Hall–Kier alpha value is -1.62. The summed E-state index contributed by atoms with van der Waals surface area (Å²) in [6.07, 6.45) is 1.33. The van der Waals surface area contributed by atoms with Crippen LogP contribution in [0.2, 0.25) is 0 Å². The Morgan fingerprint density at radius 3 is 2.67 bits per heavy atom. The minimum Gasteiger partial charge on any atom is -0.396 e. The molecule has 0 fully saturated rings. The summed E-state index contributed by atoms with van der Waals surface area (Å²) in [6.45, 7) is 5.82. The molecule has 0 radical (unpaired) electrons. The molecule has 5 heteroatoms. The Bertz CT molecular complexity index is 434. The van der Waals surface area contributed by atoms with Crippen molar-refractivity contribution in [2.75, 3.05) is 11.9 Å². The first-order valence-electron chi connectivity index (χ1n) is 6.06. The summed E-state index contributed by atoms with van der Waals surface area (Å²) in [6, 6.07) is 5.11. The SMILES string of the molecule is CCC(C)(CCO)Nc1ccc(C)cc1[N+](=O)[O-]. The van der Waals surface area contributed by atoms with E-state index in [0.29, 0.717) is 12.1 Å². The molecule has 0 amide bonds.